The summed E-state index contributed by atoms with van der Waals surface area (Å²) in [7, 11) is 0. The van der Waals surface area contributed by atoms with E-state index in [0.717, 1.165) is 41.6 Å². The van der Waals surface area contributed by atoms with Crippen LogP contribution in [0.1, 0.15) is 23.2 Å². The number of thiazole rings is 1. The van der Waals surface area contributed by atoms with Crippen LogP contribution in [-0.2, 0) is 17.8 Å². The summed E-state index contributed by atoms with van der Waals surface area (Å²) in [5, 5.41) is 6.56. The number of hydrogen-bond donors (Lipinski definition) is 1. The Morgan fingerprint density at radius 2 is 2.35 bits per heavy atom. The number of amides is 1. The van der Waals surface area contributed by atoms with Crippen molar-refractivity contribution in [1.29, 1.82) is 0 Å². The summed E-state index contributed by atoms with van der Waals surface area (Å²) in [4.78, 5) is 17.8. The number of carbonyl (C=O) groups excluding carboxylic acids is 1. The molecule has 0 bridgehead atoms. The van der Waals surface area contributed by atoms with Crippen molar-refractivity contribution in [3.63, 3.8) is 0 Å². The van der Waals surface area contributed by atoms with Crippen LogP contribution in [-0.4, -0.2) is 17.4 Å². The fourth-order valence-corrected chi connectivity index (χ4v) is 3.13. The second-order valence-corrected chi connectivity index (χ2v) is 6.04. The van der Waals surface area contributed by atoms with Crippen LogP contribution in [0.5, 0.6) is 0 Å². The minimum Gasteiger partial charge on any atom is -0.379 e. The van der Waals surface area contributed by atoms with Gasteiger partial charge in [-0.1, -0.05) is 0 Å². The zero-order chi connectivity index (χ0) is 14.1. The number of carbonyl (C=O) groups is 1. The summed E-state index contributed by atoms with van der Waals surface area (Å²) >= 11 is 1.67. The Bertz CT molecular complexity index is 650. The van der Waals surface area contributed by atoms with Gasteiger partial charge in [-0.05, 0) is 37.1 Å². The van der Waals surface area contributed by atoms with Crippen molar-refractivity contribution in [3.05, 3.63) is 39.8 Å². The molecule has 0 atom stereocenters. The maximum Gasteiger partial charge on any atom is 0.223 e. The summed E-state index contributed by atoms with van der Waals surface area (Å²) in [5.41, 5.74) is 4.44. The molecule has 1 aromatic carbocycles. The molecule has 1 aromatic heterocycles. The highest BCUT2D eigenvalue weighted by atomic mass is 32.1. The monoisotopic (exact) mass is 287 g/mol. The van der Waals surface area contributed by atoms with E-state index in [1.807, 2.05) is 24.0 Å². The Balaban J connectivity index is 1.72. The van der Waals surface area contributed by atoms with Crippen molar-refractivity contribution in [1.82, 2.24) is 4.98 Å². The summed E-state index contributed by atoms with van der Waals surface area (Å²) in [6, 6.07) is 6.19. The van der Waals surface area contributed by atoms with E-state index in [-0.39, 0.29) is 5.91 Å². The number of aryl methyl sites for hydroxylation is 1. The van der Waals surface area contributed by atoms with Crippen LogP contribution in [0.25, 0.3) is 0 Å². The molecule has 0 saturated heterocycles. The smallest absolute Gasteiger partial charge is 0.223 e. The molecular weight excluding hydrogens is 270 g/mol. The lowest BCUT2D eigenvalue weighted by molar-refractivity contribution is -0.116. The number of fused-ring (bicyclic) bond motifs is 1. The second-order valence-electron chi connectivity index (χ2n) is 4.98. The number of nitrogens with one attached hydrogen (secondary N) is 1. The predicted octanol–water partition coefficient (Wildman–Crippen LogP) is 2.97. The first kappa shape index (κ1) is 13.1. The molecule has 5 heteroatoms. The standard InChI is InChI=1S/C15H17N3OS/c1-10-17-14(9-20-10)8-16-13-3-4-15-12(7-13)5-6-18(15)11(2)19/h3-4,7,9,16H,5-6,8H2,1-2H3. The molecule has 0 aliphatic carbocycles. The van der Waals surface area contributed by atoms with Gasteiger partial charge in [0.2, 0.25) is 5.91 Å². The molecular formula is C15H17N3OS. The summed E-state index contributed by atoms with van der Waals surface area (Å²) in [6.07, 6.45) is 0.931. The number of anilines is 2. The first-order valence-corrected chi connectivity index (χ1v) is 7.57. The van der Waals surface area contributed by atoms with Crippen LogP contribution in [0.2, 0.25) is 0 Å². The van der Waals surface area contributed by atoms with Gasteiger partial charge >= 0.3 is 0 Å². The van der Waals surface area contributed by atoms with Gasteiger partial charge in [-0.2, -0.15) is 0 Å². The molecule has 4 nitrogen and oxygen atoms in total. The molecule has 1 aliphatic heterocycles. The molecule has 1 amide bonds. The lowest BCUT2D eigenvalue weighted by Gasteiger charge is -2.15. The van der Waals surface area contributed by atoms with Gasteiger partial charge in [-0.15, -0.1) is 11.3 Å². The van der Waals surface area contributed by atoms with Gasteiger partial charge in [0.1, 0.15) is 0 Å². The topological polar surface area (TPSA) is 45.2 Å². The third kappa shape index (κ3) is 2.54. The van der Waals surface area contributed by atoms with Gasteiger partial charge in [0.05, 0.1) is 17.2 Å². The molecule has 20 heavy (non-hydrogen) atoms. The minimum absolute atomic E-state index is 0.113. The molecule has 2 aromatic rings. The average molecular weight is 287 g/mol. The van der Waals surface area contributed by atoms with Crippen molar-refractivity contribution in [3.8, 4) is 0 Å². The maximum atomic E-state index is 11.5. The van der Waals surface area contributed by atoms with Gasteiger partial charge in [-0.3, -0.25) is 4.79 Å². The minimum atomic E-state index is 0.113. The van der Waals surface area contributed by atoms with E-state index in [2.05, 4.69) is 21.7 Å². The molecule has 0 spiro atoms. The molecule has 1 N–H and O–H groups in total. The van der Waals surface area contributed by atoms with E-state index in [1.54, 1.807) is 18.3 Å². The Hall–Kier alpha value is -1.88. The van der Waals surface area contributed by atoms with Crippen LogP contribution in [0.4, 0.5) is 11.4 Å². The third-order valence-corrected chi connectivity index (χ3v) is 4.32. The molecule has 1 aliphatic rings. The van der Waals surface area contributed by atoms with Crippen molar-refractivity contribution in [2.75, 3.05) is 16.8 Å². The van der Waals surface area contributed by atoms with Crippen molar-refractivity contribution < 1.29 is 4.79 Å². The second kappa shape index (κ2) is 5.25. The first-order chi connectivity index (χ1) is 9.63. The number of benzene rings is 1. The fraction of sp³-hybridized carbons (Fsp3) is 0.333. The zero-order valence-electron chi connectivity index (χ0n) is 11.6. The van der Waals surface area contributed by atoms with Crippen molar-refractivity contribution in [2.24, 2.45) is 0 Å². The molecule has 0 radical (unpaired) electrons. The molecule has 2 heterocycles. The highest BCUT2D eigenvalue weighted by Gasteiger charge is 2.21. The fourth-order valence-electron chi connectivity index (χ4n) is 2.52. The third-order valence-electron chi connectivity index (χ3n) is 3.50. The molecule has 3 rings (SSSR count). The molecule has 104 valence electrons. The van der Waals surface area contributed by atoms with Crippen LogP contribution >= 0.6 is 11.3 Å². The molecule has 0 fully saturated rings. The van der Waals surface area contributed by atoms with E-state index in [1.165, 1.54) is 5.56 Å². The van der Waals surface area contributed by atoms with Gasteiger partial charge in [0.15, 0.2) is 0 Å². The summed E-state index contributed by atoms with van der Waals surface area (Å²) in [6.45, 7) is 5.16. The van der Waals surface area contributed by atoms with E-state index in [0.29, 0.717) is 0 Å². The number of hydrogen-bond acceptors (Lipinski definition) is 4. The lowest BCUT2D eigenvalue weighted by Crippen LogP contribution is -2.25. The lowest BCUT2D eigenvalue weighted by atomic mass is 10.1. The Kier molecular flexibility index (Phi) is 3.44. The predicted molar refractivity (Wildman–Crippen MR) is 82.4 cm³/mol. The Morgan fingerprint density at radius 3 is 3.05 bits per heavy atom. The van der Waals surface area contributed by atoms with Crippen molar-refractivity contribution in [2.45, 2.75) is 26.8 Å². The normalized spacial score (nSPS) is 13.4. The van der Waals surface area contributed by atoms with E-state index >= 15 is 0 Å². The highest BCUT2D eigenvalue weighted by Crippen LogP contribution is 2.30. The molecule has 0 saturated carbocycles. The van der Waals surface area contributed by atoms with E-state index in [9.17, 15) is 4.79 Å². The van der Waals surface area contributed by atoms with Crippen LogP contribution in [0.3, 0.4) is 0 Å². The van der Waals surface area contributed by atoms with Crippen molar-refractivity contribution >= 4 is 28.6 Å². The number of rotatable bonds is 3. The number of nitrogens with zero attached hydrogens (tertiary/aromatic N) is 2. The number of aromatic nitrogens is 1. The van der Waals surface area contributed by atoms with Gasteiger partial charge in [0.25, 0.3) is 0 Å². The van der Waals surface area contributed by atoms with E-state index < -0.39 is 0 Å². The largest absolute Gasteiger partial charge is 0.379 e. The summed E-state index contributed by atoms with van der Waals surface area (Å²) in [5.74, 6) is 0.113. The van der Waals surface area contributed by atoms with Gasteiger partial charge in [-0.25, -0.2) is 4.98 Å². The maximum absolute atomic E-state index is 11.5. The van der Waals surface area contributed by atoms with Crippen LogP contribution in [0.15, 0.2) is 23.6 Å². The van der Waals surface area contributed by atoms with Crippen LogP contribution < -0.4 is 10.2 Å². The molecule has 0 unspecified atom stereocenters. The van der Waals surface area contributed by atoms with Gasteiger partial charge < -0.3 is 10.2 Å². The Morgan fingerprint density at radius 1 is 1.50 bits per heavy atom. The zero-order valence-corrected chi connectivity index (χ0v) is 12.5. The van der Waals surface area contributed by atoms with Gasteiger partial charge in [0, 0.05) is 30.2 Å². The highest BCUT2D eigenvalue weighted by molar-refractivity contribution is 7.09. The summed E-state index contributed by atoms with van der Waals surface area (Å²) < 4.78 is 0. The Labute approximate surface area is 122 Å². The average Bonchev–Trinajstić information content (AvgIpc) is 3.01. The van der Waals surface area contributed by atoms with Crippen LogP contribution in [0, 0.1) is 6.92 Å². The van der Waals surface area contributed by atoms with E-state index in [4.69, 9.17) is 0 Å². The SMILES string of the molecule is CC(=O)N1CCc2cc(NCc3csc(C)n3)ccc21. The quantitative estimate of drug-likeness (QED) is 0.944. The first-order valence-electron chi connectivity index (χ1n) is 6.69.